The lowest BCUT2D eigenvalue weighted by Crippen LogP contribution is -2.13. The average Bonchev–Trinajstić information content (AvgIpc) is 2.34. The van der Waals surface area contributed by atoms with Gasteiger partial charge in [0, 0.05) is 5.69 Å². The van der Waals surface area contributed by atoms with E-state index in [-0.39, 0.29) is 16.3 Å². The van der Waals surface area contributed by atoms with Crippen molar-refractivity contribution in [1.82, 2.24) is 0 Å². The monoisotopic (exact) mass is 340 g/mol. The summed E-state index contributed by atoms with van der Waals surface area (Å²) in [5.74, 6) is 0.0585. The van der Waals surface area contributed by atoms with Crippen molar-refractivity contribution in [2.24, 2.45) is 5.73 Å². The van der Waals surface area contributed by atoms with E-state index in [0.717, 1.165) is 4.47 Å². The minimum absolute atomic E-state index is 0.140. The normalized spacial score (nSPS) is 10.2. The van der Waals surface area contributed by atoms with Gasteiger partial charge in [-0.05, 0) is 40.2 Å². The third-order valence-corrected chi connectivity index (χ3v) is 3.32. The molecular weight excluding hydrogens is 332 g/mol. The lowest BCUT2D eigenvalue weighted by Gasteiger charge is -2.13. The van der Waals surface area contributed by atoms with Crippen LogP contribution >= 0.6 is 27.5 Å². The van der Waals surface area contributed by atoms with Crippen LogP contribution in [0.1, 0.15) is 10.4 Å². The van der Waals surface area contributed by atoms with Gasteiger partial charge in [0.25, 0.3) is 5.91 Å². The molecule has 0 spiro atoms. The standard InChI is InChI=1S/C13H10BrClN2O2/c14-9-3-1-2-4-11(9)19-12-8(13(17)18)5-7(16)6-10(12)15/h1-6H,16H2,(H2,17,18). The van der Waals surface area contributed by atoms with Gasteiger partial charge in [0.15, 0.2) is 5.75 Å². The van der Waals surface area contributed by atoms with Gasteiger partial charge >= 0.3 is 0 Å². The van der Waals surface area contributed by atoms with E-state index in [4.69, 9.17) is 27.8 Å². The maximum absolute atomic E-state index is 11.4. The third kappa shape index (κ3) is 3.00. The van der Waals surface area contributed by atoms with Gasteiger partial charge in [0.2, 0.25) is 0 Å². The van der Waals surface area contributed by atoms with Crippen molar-refractivity contribution >= 4 is 39.1 Å². The smallest absolute Gasteiger partial charge is 0.252 e. The number of carbonyl (C=O) groups is 1. The minimum Gasteiger partial charge on any atom is -0.454 e. The Morgan fingerprint density at radius 3 is 2.58 bits per heavy atom. The molecule has 2 aromatic carbocycles. The van der Waals surface area contributed by atoms with Gasteiger partial charge in [0.1, 0.15) is 5.75 Å². The number of nitrogen functional groups attached to an aromatic ring is 1. The van der Waals surface area contributed by atoms with Crippen LogP contribution in [0.15, 0.2) is 40.9 Å². The SMILES string of the molecule is NC(=O)c1cc(N)cc(Cl)c1Oc1ccccc1Br. The fraction of sp³-hybridized carbons (Fsp3) is 0. The summed E-state index contributed by atoms with van der Waals surface area (Å²) in [5.41, 5.74) is 11.4. The van der Waals surface area contributed by atoms with Crippen LogP contribution in [0.2, 0.25) is 5.02 Å². The summed E-state index contributed by atoms with van der Waals surface area (Å²) in [7, 11) is 0. The molecule has 6 heteroatoms. The molecule has 4 N–H and O–H groups in total. The first-order valence-corrected chi connectivity index (χ1v) is 6.47. The highest BCUT2D eigenvalue weighted by molar-refractivity contribution is 9.10. The van der Waals surface area contributed by atoms with Gasteiger partial charge in [-0.1, -0.05) is 23.7 Å². The van der Waals surface area contributed by atoms with Crippen LogP contribution in [0.4, 0.5) is 5.69 Å². The molecule has 0 aliphatic heterocycles. The molecule has 0 fully saturated rings. The highest BCUT2D eigenvalue weighted by atomic mass is 79.9. The Morgan fingerprint density at radius 2 is 1.95 bits per heavy atom. The summed E-state index contributed by atoms with van der Waals surface area (Å²) < 4.78 is 6.39. The summed E-state index contributed by atoms with van der Waals surface area (Å²) in [6, 6.07) is 10.1. The Morgan fingerprint density at radius 1 is 1.26 bits per heavy atom. The maximum atomic E-state index is 11.4. The Balaban J connectivity index is 2.51. The second-order valence-corrected chi connectivity index (χ2v) is 5.04. The number of hydrogen-bond acceptors (Lipinski definition) is 3. The summed E-state index contributed by atoms with van der Waals surface area (Å²) in [6.07, 6.45) is 0. The number of primary amides is 1. The number of halogens is 2. The molecule has 0 aliphatic rings. The van der Waals surface area contributed by atoms with Crippen LogP contribution in [0.25, 0.3) is 0 Å². The van der Waals surface area contributed by atoms with Gasteiger partial charge < -0.3 is 16.2 Å². The van der Waals surface area contributed by atoms with Crippen LogP contribution in [0, 0.1) is 0 Å². The zero-order chi connectivity index (χ0) is 14.0. The predicted octanol–water partition coefficient (Wildman–Crippen LogP) is 3.58. The van der Waals surface area contributed by atoms with Gasteiger partial charge in [-0.3, -0.25) is 4.79 Å². The molecule has 1 amide bonds. The number of para-hydroxylation sites is 1. The number of rotatable bonds is 3. The number of anilines is 1. The first-order valence-electron chi connectivity index (χ1n) is 5.30. The van der Waals surface area contributed by atoms with Crippen LogP contribution in [0.3, 0.4) is 0 Å². The Bertz CT molecular complexity index is 647. The van der Waals surface area contributed by atoms with E-state index in [0.29, 0.717) is 11.4 Å². The van der Waals surface area contributed by atoms with Crippen molar-refractivity contribution in [3.8, 4) is 11.5 Å². The van der Waals surface area contributed by atoms with E-state index in [1.807, 2.05) is 12.1 Å². The van der Waals surface area contributed by atoms with Crippen molar-refractivity contribution in [1.29, 1.82) is 0 Å². The van der Waals surface area contributed by atoms with E-state index in [9.17, 15) is 4.79 Å². The molecule has 0 saturated carbocycles. The van der Waals surface area contributed by atoms with Gasteiger partial charge in [0.05, 0.1) is 15.1 Å². The second kappa shape index (κ2) is 5.50. The molecule has 0 unspecified atom stereocenters. The van der Waals surface area contributed by atoms with Crippen molar-refractivity contribution in [2.75, 3.05) is 5.73 Å². The second-order valence-electron chi connectivity index (χ2n) is 3.78. The van der Waals surface area contributed by atoms with Gasteiger partial charge in [-0.2, -0.15) is 0 Å². The van der Waals surface area contributed by atoms with E-state index < -0.39 is 5.91 Å². The van der Waals surface area contributed by atoms with E-state index in [2.05, 4.69) is 15.9 Å². The van der Waals surface area contributed by atoms with Gasteiger partial charge in [-0.15, -0.1) is 0 Å². The molecule has 0 bridgehead atoms. The first kappa shape index (κ1) is 13.7. The first-order chi connectivity index (χ1) is 8.99. The molecular formula is C13H10BrClN2O2. The number of benzene rings is 2. The summed E-state index contributed by atoms with van der Waals surface area (Å²) >= 11 is 9.40. The Kier molecular flexibility index (Phi) is 3.97. The highest BCUT2D eigenvalue weighted by Crippen LogP contribution is 2.37. The molecule has 0 radical (unpaired) electrons. The van der Waals surface area contributed by atoms with Crippen molar-refractivity contribution in [3.05, 3.63) is 51.5 Å². The number of ether oxygens (including phenoxy) is 1. The summed E-state index contributed by atoms with van der Waals surface area (Å²) in [6.45, 7) is 0. The van der Waals surface area contributed by atoms with Crippen LogP contribution in [0.5, 0.6) is 11.5 Å². The van der Waals surface area contributed by atoms with Crippen LogP contribution < -0.4 is 16.2 Å². The number of amides is 1. The number of nitrogens with two attached hydrogens (primary N) is 2. The molecule has 4 nitrogen and oxygen atoms in total. The topological polar surface area (TPSA) is 78.3 Å². The molecule has 0 saturated heterocycles. The predicted molar refractivity (Wildman–Crippen MR) is 78.6 cm³/mol. The van der Waals surface area contributed by atoms with E-state index in [1.165, 1.54) is 12.1 Å². The molecule has 0 aliphatic carbocycles. The fourth-order valence-electron chi connectivity index (χ4n) is 1.54. The lowest BCUT2D eigenvalue weighted by molar-refractivity contribution is 0.0998. The van der Waals surface area contributed by atoms with Crippen molar-refractivity contribution < 1.29 is 9.53 Å². The Hall–Kier alpha value is -1.72. The molecule has 19 heavy (non-hydrogen) atoms. The largest absolute Gasteiger partial charge is 0.454 e. The number of carbonyl (C=O) groups excluding carboxylic acids is 1. The van der Waals surface area contributed by atoms with Crippen LogP contribution in [-0.2, 0) is 0 Å². The molecule has 98 valence electrons. The quantitative estimate of drug-likeness (QED) is 0.838. The fourth-order valence-corrected chi connectivity index (χ4v) is 2.17. The zero-order valence-electron chi connectivity index (χ0n) is 9.69. The maximum Gasteiger partial charge on any atom is 0.252 e. The van der Waals surface area contributed by atoms with E-state index >= 15 is 0 Å². The van der Waals surface area contributed by atoms with Crippen molar-refractivity contribution in [2.45, 2.75) is 0 Å². The van der Waals surface area contributed by atoms with Crippen molar-refractivity contribution in [3.63, 3.8) is 0 Å². The van der Waals surface area contributed by atoms with E-state index in [1.54, 1.807) is 12.1 Å². The number of hydrogen-bond donors (Lipinski definition) is 2. The summed E-state index contributed by atoms with van der Waals surface area (Å²) in [5, 5.41) is 0.226. The third-order valence-electron chi connectivity index (χ3n) is 2.38. The average molecular weight is 342 g/mol. The van der Waals surface area contributed by atoms with Crippen LogP contribution in [-0.4, -0.2) is 5.91 Å². The molecule has 2 rings (SSSR count). The highest BCUT2D eigenvalue weighted by Gasteiger charge is 2.16. The minimum atomic E-state index is -0.656. The molecule has 0 atom stereocenters. The molecule has 2 aromatic rings. The molecule has 0 heterocycles. The summed E-state index contributed by atoms with van der Waals surface area (Å²) in [4.78, 5) is 11.4. The zero-order valence-corrected chi connectivity index (χ0v) is 12.0. The Labute approximate surface area is 123 Å². The lowest BCUT2D eigenvalue weighted by atomic mass is 10.1. The van der Waals surface area contributed by atoms with Gasteiger partial charge in [-0.25, -0.2) is 0 Å². The molecule has 0 aromatic heterocycles.